The Balaban J connectivity index is 2.54. The van der Waals surface area contributed by atoms with Crippen LogP contribution in [-0.4, -0.2) is 9.78 Å². The van der Waals surface area contributed by atoms with E-state index in [0.717, 1.165) is 29.8 Å². The van der Waals surface area contributed by atoms with Crippen molar-refractivity contribution in [2.24, 2.45) is 0 Å². The molecular formula is C14H17N2. The van der Waals surface area contributed by atoms with Crippen molar-refractivity contribution in [1.29, 1.82) is 0 Å². The van der Waals surface area contributed by atoms with Gasteiger partial charge in [-0.2, -0.15) is 5.10 Å². The lowest BCUT2D eigenvalue weighted by molar-refractivity contribution is 0.789. The van der Waals surface area contributed by atoms with Gasteiger partial charge in [0.1, 0.15) is 0 Å². The van der Waals surface area contributed by atoms with Crippen LogP contribution in [0.4, 0.5) is 0 Å². The quantitative estimate of drug-likeness (QED) is 0.766. The van der Waals surface area contributed by atoms with Gasteiger partial charge in [-0.1, -0.05) is 26.0 Å². The minimum Gasteiger partial charge on any atom is -0.237 e. The fourth-order valence-corrected chi connectivity index (χ4v) is 1.85. The molecule has 0 spiro atoms. The summed E-state index contributed by atoms with van der Waals surface area (Å²) in [6, 6.07) is 11.4. The lowest BCUT2D eigenvalue weighted by atomic mass is 10.2. The van der Waals surface area contributed by atoms with E-state index in [9.17, 15) is 0 Å². The summed E-state index contributed by atoms with van der Waals surface area (Å²) in [5.41, 5.74) is 4.70. The zero-order chi connectivity index (χ0) is 11.5. The van der Waals surface area contributed by atoms with Crippen molar-refractivity contribution in [2.75, 3.05) is 0 Å². The molecule has 0 saturated heterocycles. The molecule has 2 nitrogen and oxygen atoms in total. The molecule has 0 atom stereocenters. The van der Waals surface area contributed by atoms with Crippen molar-refractivity contribution in [2.45, 2.75) is 33.6 Å². The van der Waals surface area contributed by atoms with Gasteiger partial charge in [-0.3, -0.25) is 0 Å². The van der Waals surface area contributed by atoms with E-state index in [4.69, 9.17) is 0 Å². The van der Waals surface area contributed by atoms with E-state index in [1.165, 1.54) is 5.69 Å². The van der Waals surface area contributed by atoms with E-state index in [-0.39, 0.29) is 0 Å². The first-order chi connectivity index (χ1) is 7.76. The lowest BCUT2D eigenvalue weighted by Gasteiger charge is -2.08. The van der Waals surface area contributed by atoms with E-state index in [1.54, 1.807) is 0 Å². The van der Waals surface area contributed by atoms with Gasteiger partial charge in [-0.15, -0.1) is 0 Å². The molecule has 1 heterocycles. The molecule has 1 aromatic heterocycles. The van der Waals surface area contributed by atoms with Crippen LogP contribution in [0.15, 0.2) is 24.3 Å². The van der Waals surface area contributed by atoms with Crippen LogP contribution < -0.4 is 0 Å². The van der Waals surface area contributed by atoms with Gasteiger partial charge in [0.2, 0.25) is 0 Å². The molecule has 0 aliphatic carbocycles. The zero-order valence-corrected chi connectivity index (χ0v) is 10.1. The van der Waals surface area contributed by atoms with Crippen LogP contribution in [0.1, 0.15) is 30.8 Å². The van der Waals surface area contributed by atoms with E-state index in [2.05, 4.69) is 44.1 Å². The second kappa shape index (κ2) is 4.52. The van der Waals surface area contributed by atoms with Crippen molar-refractivity contribution in [3.63, 3.8) is 0 Å². The third kappa shape index (κ3) is 1.87. The minimum absolute atomic E-state index is 0.982. The first kappa shape index (κ1) is 10.9. The Hall–Kier alpha value is -1.57. The van der Waals surface area contributed by atoms with Gasteiger partial charge in [-0.05, 0) is 43.5 Å². The Morgan fingerprint density at radius 1 is 1.31 bits per heavy atom. The molecule has 0 bridgehead atoms. The van der Waals surface area contributed by atoms with E-state index >= 15 is 0 Å². The minimum atomic E-state index is 0.982. The highest BCUT2D eigenvalue weighted by atomic mass is 15.3. The second-order valence-corrected chi connectivity index (χ2v) is 3.93. The second-order valence-electron chi connectivity index (χ2n) is 3.93. The van der Waals surface area contributed by atoms with Gasteiger partial charge >= 0.3 is 0 Å². The number of benzene rings is 1. The molecular weight excluding hydrogens is 196 g/mol. The number of hydrogen-bond donors (Lipinski definition) is 0. The lowest BCUT2D eigenvalue weighted by Crippen LogP contribution is -2.03. The number of rotatable bonds is 3. The Morgan fingerprint density at radius 3 is 2.75 bits per heavy atom. The molecule has 0 amide bonds. The highest BCUT2D eigenvalue weighted by molar-refractivity contribution is 5.40. The molecule has 0 fully saturated rings. The molecule has 1 aromatic carbocycles. The number of nitrogens with zero attached hydrogens (tertiary/aromatic N) is 2. The first-order valence-electron chi connectivity index (χ1n) is 5.81. The van der Waals surface area contributed by atoms with Crippen LogP contribution in [0, 0.1) is 13.0 Å². The van der Waals surface area contributed by atoms with Crippen LogP contribution in [0.3, 0.4) is 0 Å². The average molecular weight is 213 g/mol. The Morgan fingerprint density at radius 2 is 2.12 bits per heavy atom. The fourth-order valence-electron chi connectivity index (χ4n) is 1.85. The average Bonchev–Trinajstić information content (AvgIpc) is 2.72. The van der Waals surface area contributed by atoms with E-state index in [0.29, 0.717) is 0 Å². The molecule has 2 heteroatoms. The van der Waals surface area contributed by atoms with E-state index < -0.39 is 0 Å². The van der Waals surface area contributed by atoms with Crippen LogP contribution >= 0.6 is 0 Å². The topological polar surface area (TPSA) is 17.8 Å². The smallest absolute Gasteiger partial charge is 0.0684 e. The summed E-state index contributed by atoms with van der Waals surface area (Å²) < 4.78 is 2.05. The van der Waals surface area contributed by atoms with Crippen LogP contribution in [0.25, 0.3) is 5.69 Å². The summed E-state index contributed by atoms with van der Waals surface area (Å²) in [7, 11) is 0. The molecule has 0 aliphatic heterocycles. The van der Waals surface area contributed by atoms with Gasteiger partial charge in [-0.25, -0.2) is 4.68 Å². The molecule has 1 radical (unpaired) electrons. The van der Waals surface area contributed by atoms with Gasteiger partial charge in [0.05, 0.1) is 11.4 Å². The molecule has 0 saturated carbocycles. The summed E-state index contributed by atoms with van der Waals surface area (Å²) in [5, 5.41) is 4.63. The normalized spacial score (nSPS) is 10.7. The molecule has 0 unspecified atom stereocenters. The van der Waals surface area contributed by atoms with Gasteiger partial charge in [0.25, 0.3) is 0 Å². The molecule has 2 aromatic rings. The summed E-state index contributed by atoms with van der Waals surface area (Å²) in [6.45, 7) is 6.37. The summed E-state index contributed by atoms with van der Waals surface area (Å²) in [4.78, 5) is 0. The highest BCUT2D eigenvalue weighted by Crippen LogP contribution is 2.16. The van der Waals surface area contributed by atoms with Crippen molar-refractivity contribution in [1.82, 2.24) is 9.78 Å². The van der Waals surface area contributed by atoms with Crippen LogP contribution in [0.5, 0.6) is 0 Å². The zero-order valence-electron chi connectivity index (χ0n) is 10.1. The molecule has 2 rings (SSSR count). The fraction of sp³-hybridized carbons (Fsp3) is 0.357. The predicted molar refractivity (Wildman–Crippen MR) is 65.9 cm³/mol. The summed E-state index contributed by atoms with van der Waals surface area (Å²) in [5.74, 6) is 0. The van der Waals surface area contributed by atoms with Crippen LogP contribution in [0.2, 0.25) is 0 Å². The summed E-state index contributed by atoms with van der Waals surface area (Å²) >= 11 is 0. The maximum atomic E-state index is 4.63. The molecule has 16 heavy (non-hydrogen) atoms. The van der Waals surface area contributed by atoms with Gasteiger partial charge in [0, 0.05) is 5.69 Å². The third-order valence-corrected chi connectivity index (χ3v) is 2.82. The standard InChI is InChI=1S/C14H17N2/c1-4-12-10-13(5-2)16(15-12)14-9-7-6-8-11(14)3/h6-7,9-10H,4-5H2,1-3H3. The third-order valence-electron chi connectivity index (χ3n) is 2.82. The van der Waals surface area contributed by atoms with Gasteiger partial charge < -0.3 is 0 Å². The van der Waals surface area contributed by atoms with Gasteiger partial charge in [0.15, 0.2) is 0 Å². The van der Waals surface area contributed by atoms with Crippen molar-refractivity contribution in [3.8, 4) is 5.69 Å². The van der Waals surface area contributed by atoms with E-state index in [1.807, 2.05) is 16.8 Å². The van der Waals surface area contributed by atoms with Crippen LogP contribution in [-0.2, 0) is 12.8 Å². The molecule has 0 N–H and O–H groups in total. The van der Waals surface area contributed by atoms with Crippen molar-refractivity contribution in [3.05, 3.63) is 47.3 Å². The Kier molecular flexibility index (Phi) is 3.09. The number of aryl methyl sites for hydroxylation is 3. The number of aromatic nitrogens is 2. The van der Waals surface area contributed by atoms with Crippen molar-refractivity contribution < 1.29 is 0 Å². The predicted octanol–water partition coefficient (Wildman–Crippen LogP) is 3.11. The SMILES string of the molecule is CCc1cc(CC)n(-c2ccc[c]c2C)n1. The molecule has 83 valence electrons. The first-order valence-corrected chi connectivity index (χ1v) is 5.81. The maximum absolute atomic E-state index is 4.63. The van der Waals surface area contributed by atoms with Crippen molar-refractivity contribution >= 4 is 0 Å². The number of hydrogen-bond acceptors (Lipinski definition) is 1. The Bertz CT molecular complexity index is 483. The largest absolute Gasteiger partial charge is 0.237 e. The Labute approximate surface area is 96.9 Å². The maximum Gasteiger partial charge on any atom is 0.0684 e. The monoisotopic (exact) mass is 213 g/mol. The molecule has 0 aliphatic rings. The highest BCUT2D eigenvalue weighted by Gasteiger charge is 2.08. The summed E-state index contributed by atoms with van der Waals surface area (Å²) in [6.07, 6.45) is 1.98.